The number of halogens is 1. The summed E-state index contributed by atoms with van der Waals surface area (Å²) >= 11 is 0. The number of rotatable bonds is 3. The van der Waals surface area contributed by atoms with Crippen molar-refractivity contribution >= 4 is 15.7 Å². The Morgan fingerprint density at radius 2 is 1.94 bits per heavy atom. The van der Waals surface area contributed by atoms with Crippen molar-refractivity contribution in [2.45, 2.75) is 30.7 Å². The van der Waals surface area contributed by atoms with Crippen LogP contribution in [0.25, 0.3) is 0 Å². The van der Waals surface area contributed by atoms with Crippen molar-refractivity contribution in [3.8, 4) is 0 Å². The van der Waals surface area contributed by atoms with E-state index in [-0.39, 0.29) is 11.7 Å². The van der Waals surface area contributed by atoms with Crippen LogP contribution in [0, 0.1) is 12.7 Å². The third-order valence-electron chi connectivity index (χ3n) is 2.94. The van der Waals surface area contributed by atoms with Gasteiger partial charge < -0.3 is 5.73 Å². The van der Waals surface area contributed by atoms with Gasteiger partial charge in [-0.2, -0.15) is 0 Å². The molecule has 4 nitrogen and oxygen atoms in total. The van der Waals surface area contributed by atoms with Crippen LogP contribution in [0.1, 0.15) is 18.4 Å². The van der Waals surface area contributed by atoms with Gasteiger partial charge in [-0.15, -0.1) is 0 Å². The Morgan fingerprint density at radius 3 is 2.56 bits per heavy atom. The van der Waals surface area contributed by atoms with E-state index in [1.807, 2.05) is 12.2 Å². The zero-order valence-corrected chi connectivity index (χ0v) is 10.8. The monoisotopic (exact) mass is 270 g/mol. The molecule has 18 heavy (non-hydrogen) atoms. The molecule has 0 saturated heterocycles. The zero-order valence-electron chi connectivity index (χ0n) is 9.98. The quantitative estimate of drug-likeness (QED) is 0.649. The molecular weight excluding hydrogens is 255 g/mol. The molecule has 0 radical (unpaired) electrons. The van der Waals surface area contributed by atoms with Crippen LogP contribution < -0.4 is 10.5 Å². The molecule has 1 aromatic carbocycles. The van der Waals surface area contributed by atoms with Crippen LogP contribution in [0.2, 0.25) is 0 Å². The van der Waals surface area contributed by atoms with E-state index in [1.54, 1.807) is 6.92 Å². The van der Waals surface area contributed by atoms with E-state index in [0.29, 0.717) is 18.4 Å². The van der Waals surface area contributed by atoms with Gasteiger partial charge in [0.25, 0.3) is 0 Å². The highest BCUT2D eigenvalue weighted by atomic mass is 32.2. The molecule has 0 aliphatic heterocycles. The fourth-order valence-electron chi connectivity index (χ4n) is 1.87. The van der Waals surface area contributed by atoms with Crippen LogP contribution in [0.5, 0.6) is 0 Å². The van der Waals surface area contributed by atoms with Crippen molar-refractivity contribution in [2.24, 2.45) is 0 Å². The molecule has 2 rings (SSSR count). The number of nitrogens with one attached hydrogen (secondary N) is 1. The Morgan fingerprint density at radius 1 is 1.33 bits per heavy atom. The van der Waals surface area contributed by atoms with Crippen molar-refractivity contribution < 1.29 is 12.8 Å². The van der Waals surface area contributed by atoms with E-state index in [0.717, 1.165) is 12.1 Å². The maximum absolute atomic E-state index is 13.7. The summed E-state index contributed by atoms with van der Waals surface area (Å²) in [6.45, 7) is 1.63. The Kier molecular flexibility index (Phi) is 3.41. The molecule has 1 aliphatic rings. The van der Waals surface area contributed by atoms with Crippen molar-refractivity contribution in [3.63, 3.8) is 0 Å². The Hall–Kier alpha value is -1.40. The van der Waals surface area contributed by atoms with Crippen molar-refractivity contribution in [2.75, 3.05) is 5.73 Å². The first-order valence-electron chi connectivity index (χ1n) is 5.63. The van der Waals surface area contributed by atoms with Crippen LogP contribution in [-0.4, -0.2) is 14.5 Å². The van der Waals surface area contributed by atoms with Gasteiger partial charge in [0.15, 0.2) is 0 Å². The minimum Gasteiger partial charge on any atom is -0.398 e. The standard InChI is InChI=1S/C12H15FN2O2S/c1-8-6-10(13)12(7-11(8)14)18(16,17)15-9-4-2-3-5-9/h2-3,6-7,9,15H,4-5,14H2,1H3. The first-order chi connectivity index (χ1) is 8.40. The van der Waals surface area contributed by atoms with Gasteiger partial charge in [-0.25, -0.2) is 17.5 Å². The molecule has 1 aromatic rings. The molecule has 98 valence electrons. The van der Waals surface area contributed by atoms with Gasteiger partial charge in [0.05, 0.1) is 0 Å². The lowest BCUT2D eigenvalue weighted by Gasteiger charge is -2.14. The Bertz CT molecular complexity index is 588. The zero-order chi connectivity index (χ0) is 13.3. The average molecular weight is 270 g/mol. The normalized spacial score (nSPS) is 16.3. The highest BCUT2D eigenvalue weighted by Gasteiger charge is 2.24. The van der Waals surface area contributed by atoms with Gasteiger partial charge in [0.1, 0.15) is 10.7 Å². The van der Waals surface area contributed by atoms with Gasteiger partial charge in [-0.05, 0) is 37.5 Å². The molecule has 0 amide bonds. The summed E-state index contributed by atoms with van der Waals surface area (Å²) in [7, 11) is -3.86. The average Bonchev–Trinajstić information content (AvgIpc) is 2.75. The Labute approximate surface area is 106 Å². The summed E-state index contributed by atoms with van der Waals surface area (Å²) in [6.07, 6.45) is 5.05. The van der Waals surface area contributed by atoms with Crippen LogP contribution in [-0.2, 0) is 10.0 Å². The third-order valence-corrected chi connectivity index (χ3v) is 4.48. The molecule has 6 heteroatoms. The Balaban J connectivity index is 2.32. The lowest BCUT2D eigenvalue weighted by molar-refractivity contribution is 0.540. The highest BCUT2D eigenvalue weighted by Crippen LogP contribution is 2.22. The smallest absolute Gasteiger partial charge is 0.243 e. The fourth-order valence-corrected chi connectivity index (χ4v) is 3.23. The molecule has 3 N–H and O–H groups in total. The summed E-state index contributed by atoms with van der Waals surface area (Å²) in [5, 5.41) is 0. The van der Waals surface area contributed by atoms with Crippen LogP contribution in [0.3, 0.4) is 0 Å². The van der Waals surface area contributed by atoms with E-state index >= 15 is 0 Å². The first kappa shape index (κ1) is 13.0. The highest BCUT2D eigenvalue weighted by molar-refractivity contribution is 7.89. The molecular formula is C12H15FN2O2S. The van der Waals surface area contributed by atoms with Crippen LogP contribution >= 0.6 is 0 Å². The molecule has 0 heterocycles. The number of hydrogen-bond donors (Lipinski definition) is 2. The summed E-state index contributed by atoms with van der Waals surface area (Å²) in [4.78, 5) is -0.391. The van der Waals surface area contributed by atoms with Gasteiger partial charge >= 0.3 is 0 Å². The van der Waals surface area contributed by atoms with Crippen molar-refractivity contribution in [1.29, 1.82) is 0 Å². The van der Waals surface area contributed by atoms with Gasteiger partial charge in [0, 0.05) is 11.7 Å². The number of anilines is 1. The minimum absolute atomic E-state index is 0.197. The lowest BCUT2D eigenvalue weighted by atomic mass is 10.2. The molecule has 0 unspecified atom stereocenters. The van der Waals surface area contributed by atoms with Crippen LogP contribution in [0.4, 0.5) is 10.1 Å². The second-order valence-corrected chi connectivity index (χ2v) is 6.08. The second kappa shape index (κ2) is 4.70. The summed E-state index contributed by atoms with van der Waals surface area (Å²) in [6, 6.07) is 2.10. The predicted octanol–water partition coefficient (Wildman–Crippen LogP) is 1.71. The number of nitrogen functional groups attached to an aromatic ring is 1. The number of aryl methyl sites for hydroxylation is 1. The molecule has 0 fully saturated rings. The van der Waals surface area contributed by atoms with E-state index in [2.05, 4.69) is 4.72 Å². The number of benzene rings is 1. The van der Waals surface area contributed by atoms with Gasteiger partial charge in [0.2, 0.25) is 10.0 Å². The number of nitrogens with two attached hydrogens (primary N) is 1. The largest absolute Gasteiger partial charge is 0.398 e. The third kappa shape index (κ3) is 2.54. The maximum Gasteiger partial charge on any atom is 0.243 e. The second-order valence-electron chi connectivity index (χ2n) is 4.40. The molecule has 0 atom stereocenters. The molecule has 0 saturated carbocycles. The number of sulfonamides is 1. The van der Waals surface area contributed by atoms with Crippen LogP contribution in [0.15, 0.2) is 29.2 Å². The van der Waals surface area contributed by atoms with E-state index < -0.39 is 20.7 Å². The topological polar surface area (TPSA) is 72.2 Å². The van der Waals surface area contributed by atoms with E-state index in [1.165, 1.54) is 0 Å². The lowest BCUT2D eigenvalue weighted by Crippen LogP contribution is -2.33. The maximum atomic E-state index is 13.7. The minimum atomic E-state index is -3.86. The summed E-state index contributed by atoms with van der Waals surface area (Å²) < 4.78 is 40.3. The van der Waals surface area contributed by atoms with E-state index in [4.69, 9.17) is 5.73 Å². The van der Waals surface area contributed by atoms with Crippen molar-refractivity contribution in [3.05, 3.63) is 35.7 Å². The summed E-state index contributed by atoms with van der Waals surface area (Å²) in [5.41, 5.74) is 6.41. The molecule has 0 aromatic heterocycles. The SMILES string of the molecule is Cc1cc(F)c(S(=O)(=O)NC2CC=CC2)cc1N. The predicted molar refractivity (Wildman–Crippen MR) is 68.0 cm³/mol. The summed E-state index contributed by atoms with van der Waals surface area (Å²) in [5.74, 6) is -0.778. The van der Waals surface area contributed by atoms with E-state index in [9.17, 15) is 12.8 Å². The molecule has 0 bridgehead atoms. The molecule has 0 spiro atoms. The first-order valence-corrected chi connectivity index (χ1v) is 7.11. The molecule has 1 aliphatic carbocycles. The van der Waals surface area contributed by atoms with Gasteiger partial charge in [-0.1, -0.05) is 12.2 Å². The number of hydrogen-bond acceptors (Lipinski definition) is 3. The fraction of sp³-hybridized carbons (Fsp3) is 0.333. The van der Waals surface area contributed by atoms with Gasteiger partial charge in [-0.3, -0.25) is 0 Å². The van der Waals surface area contributed by atoms with Crippen molar-refractivity contribution in [1.82, 2.24) is 4.72 Å².